The third-order valence-electron chi connectivity index (χ3n) is 3.77. The van der Waals surface area contributed by atoms with Crippen LogP contribution in [-0.2, 0) is 6.54 Å². The van der Waals surface area contributed by atoms with Crippen LogP contribution in [0.15, 0.2) is 36.4 Å². The van der Waals surface area contributed by atoms with Crippen LogP contribution in [0.2, 0.25) is 0 Å². The molecule has 0 bridgehead atoms. The number of aliphatic hydroxyl groups is 1. The molecule has 2 N–H and O–H groups in total. The number of rotatable bonds is 10. The van der Waals surface area contributed by atoms with E-state index in [2.05, 4.69) is 48.6 Å². The van der Waals surface area contributed by atoms with Crippen LogP contribution >= 0.6 is 0 Å². The molecule has 0 saturated carbocycles. The Morgan fingerprint density at radius 2 is 1.91 bits per heavy atom. The van der Waals surface area contributed by atoms with Gasteiger partial charge in [0.05, 0.1) is 6.61 Å². The van der Waals surface area contributed by atoms with Crippen LogP contribution in [0, 0.1) is 0 Å². The van der Waals surface area contributed by atoms with Gasteiger partial charge in [-0.2, -0.15) is 0 Å². The molecule has 0 amide bonds. The normalized spacial score (nSPS) is 11.0. The number of fused-ring (bicyclic) bond motifs is 1. The van der Waals surface area contributed by atoms with Crippen LogP contribution in [0.3, 0.4) is 0 Å². The van der Waals surface area contributed by atoms with E-state index in [1.54, 1.807) is 0 Å². The average Bonchev–Trinajstić information content (AvgIpc) is 2.56. The van der Waals surface area contributed by atoms with Crippen molar-refractivity contribution in [2.75, 3.05) is 19.8 Å². The Hall–Kier alpha value is -1.58. The number of benzene rings is 2. The highest BCUT2D eigenvalue weighted by Gasteiger charge is 2.08. The molecule has 0 radical (unpaired) electrons. The first-order chi connectivity index (χ1) is 10.9. The molecule has 120 valence electrons. The molecule has 0 saturated heterocycles. The van der Waals surface area contributed by atoms with Gasteiger partial charge in [-0.15, -0.1) is 0 Å². The van der Waals surface area contributed by atoms with Crippen molar-refractivity contribution in [2.45, 2.75) is 39.2 Å². The van der Waals surface area contributed by atoms with E-state index in [-0.39, 0.29) is 0 Å². The fraction of sp³-hybridized carbons (Fsp3) is 0.474. The Bertz CT molecular complexity index is 568. The Labute approximate surface area is 133 Å². The summed E-state index contributed by atoms with van der Waals surface area (Å²) in [6.07, 6.45) is 4.07. The zero-order valence-corrected chi connectivity index (χ0v) is 13.5. The molecule has 2 rings (SSSR count). The van der Waals surface area contributed by atoms with Crippen molar-refractivity contribution in [1.29, 1.82) is 0 Å². The zero-order chi connectivity index (χ0) is 15.6. The topological polar surface area (TPSA) is 41.5 Å². The summed E-state index contributed by atoms with van der Waals surface area (Å²) >= 11 is 0. The molecule has 2 aromatic rings. The SMILES string of the molecule is CCCOc1ccc2ccccc2c1CNCCCCCO. The highest BCUT2D eigenvalue weighted by Crippen LogP contribution is 2.28. The summed E-state index contributed by atoms with van der Waals surface area (Å²) in [7, 11) is 0. The van der Waals surface area contributed by atoms with Crippen LogP contribution in [0.4, 0.5) is 0 Å². The van der Waals surface area contributed by atoms with Crippen molar-refractivity contribution in [1.82, 2.24) is 5.32 Å². The van der Waals surface area contributed by atoms with Gasteiger partial charge in [0.25, 0.3) is 0 Å². The fourth-order valence-electron chi connectivity index (χ4n) is 2.60. The number of hydrogen-bond donors (Lipinski definition) is 2. The molecule has 0 aliphatic carbocycles. The lowest BCUT2D eigenvalue weighted by Crippen LogP contribution is -2.16. The van der Waals surface area contributed by atoms with Gasteiger partial charge in [0.1, 0.15) is 5.75 Å². The molecule has 0 aliphatic heterocycles. The van der Waals surface area contributed by atoms with Crippen LogP contribution in [-0.4, -0.2) is 24.9 Å². The van der Waals surface area contributed by atoms with E-state index < -0.39 is 0 Å². The predicted molar refractivity (Wildman–Crippen MR) is 92.4 cm³/mol. The lowest BCUT2D eigenvalue weighted by Gasteiger charge is -2.15. The minimum atomic E-state index is 0.290. The molecule has 0 aromatic heterocycles. The third kappa shape index (κ3) is 4.72. The molecule has 0 unspecified atom stereocenters. The standard InChI is InChI=1S/C19H27NO2/c1-2-14-22-19-11-10-16-8-4-5-9-17(16)18(19)15-20-12-6-3-7-13-21/h4-5,8-11,20-21H,2-3,6-7,12-15H2,1H3. The van der Waals surface area contributed by atoms with E-state index in [9.17, 15) is 0 Å². The number of unbranched alkanes of at least 4 members (excludes halogenated alkanes) is 2. The third-order valence-corrected chi connectivity index (χ3v) is 3.77. The van der Waals surface area contributed by atoms with E-state index in [0.29, 0.717) is 6.61 Å². The molecule has 0 aliphatic rings. The van der Waals surface area contributed by atoms with Gasteiger partial charge in [0.15, 0.2) is 0 Å². The molecular formula is C19H27NO2. The van der Waals surface area contributed by atoms with Gasteiger partial charge < -0.3 is 15.2 Å². The summed E-state index contributed by atoms with van der Waals surface area (Å²) in [4.78, 5) is 0. The molecule has 0 fully saturated rings. The summed E-state index contributed by atoms with van der Waals surface area (Å²) in [5.41, 5.74) is 1.24. The minimum absolute atomic E-state index is 0.290. The first-order valence-corrected chi connectivity index (χ1v) is 8.31. The summed E-state index contributed by atoms with van der Waals surface area (Å²) in [5.74, 6) is 0.989. The number of hydrogen-bond acceptors (Lipinski definition) is 3. The van der Waals surface area contributed by atoms with E-state index in [1.807, 2.05) is 0 Å². The maximum atomic E-state index is 8.80. The summed E-state index contributed by atoms with van der Waals surface area (Å²) in [5, 5.41) is 14.8. The zero-order valence-electron chi connectivity index (χ0n) is 13.5. The molecule has 22 heavy (non-hydrogen) atoms. The van der Waals surface area contributed by atoms with E-state index in [1.165, 1.54) is 16.3 Å². The molecule has 0 heterocycles. The summed E-state index contributed by atoms with van der Waals surface area (Å²) < 4.78 is 5.92. The first kappa shape index (κ1) is 16.8. The number of nitrogens with one attached hydrogen (secondary N) is 1. The first-order valence-electron chi connectivity index (χ1n) is 8.31. The van der Waals surface area contributed by atoms with Crippen molar-refractivity contribution < 1.29 is 9.84 Å². The van der Waals surface area contributed by atoms with E-state index in [0.717, 1.165) is 51.1 Å². The molecule has 3 nitrogen and oxygen atoms in total. The van der Waals surface area contributed by atoms with Crippen LogP contribution in [0.1, 0.15) is 38.2 Å². The maximum Gasteiger partial charge on any atom is 0.124 e. The van der Waals surface area contributed by atoms with Crippen molar-refractivity contribution >= 4 is 10.8 Å². The fourth-order valence-corrected chi connectivity index (χ4v) is 2.60. The van der Waals surface area contributed by atoms with Crippen LogP contribution in [0.25, 0.3) is 10.8 Å². The second kappa shape index (κ2) is 9.44. The van der Waals surface area contributed by atoms with Gasteiger partial charge >= 0.3 is 0 Å². The van der Waals surface area contributed by atoms with Crippen molar-refractivity contribution in [3.8, 4) is 5.75 Å². The lowest BCUT2D eigenvalue weighted by atomic mass is 10.0. The molecule has 0 spiro atoms. The van der Waals surface area contributed by atoms with Crippen molar-refractivity contribution in [2.24, 2.45) is 0 Å². The van der Waals surface area contributed by atoms with Crippen LogP contribution in [0.5, 0.6) is 5.75 Å². The maximum absolute atomic E-state index is 8.80. The minimum Gasteiger partial charge on any atom is -0.493 e. The van der Waals surface area contributed by atoms with Gasteiger partial charge in [0, 0.05) is 18.7 Å². The van der Waals surface area contributed by atoms with Gasteiger partial charge in [0.2, 0.25) is 0 Å². The quantitative estimate of drug-likeness (QED) is 0.654. The molecule has 0 atom stereocenters. The predicted octanol–water partition coefficient (Wildman–Crippen LogP) is 3.88. The largest absolute Gasteiger partial charge is 0.493 e. The molecule has 2 aromatic carbocycles. The van der Waals surface area contributed by atoms with Crippen LogP contribution < -0.4 is 10.1 Å². The summed E-state index contributed by atoms with van der Waals surface area (Å²) in [6.45, 7) is 4.95. The number of ether oxygens (including phenoxy) is 1. The Morgan fingerprint density at radius 3 is 2.73 bits per heavy atom. The molecular weight excluding hydrogens is 274 g/mol. The molecule has 3 heteroatoms. The van der Waals surface area contributed by atoms with Gasteiger partial charge in [-0.3, -0.25) is 0 Å². The van der Waals surface area contributed by atoms with Gasteiger partial charge in [-0.05, 0) is 49.1 Å². The smallest absolute Gasteiger partial charge is 0.124 e. The number of aliphatic hydroxyl groups excluding tert-OH is 1. The summed E-state index contributed by atoms with van der Waals surface area (Å²) in [6, 6.07) is 12.7. The Morgan fingerprint density at radius 1 is 1.05 bits per heavy atom. The monoisotopic (exact) mass is 301 g/mol. The van der Waals surface area contributed by atoms with E-state index in [4.69, 9.17) is 9.84 Å². The second-order valence-corrected chi connectivity index (χ2v) is 5.57. The average molecular weight is 301 g/mol. The van der Waals surface area contributed by atoms with Gasteiger partial charge in [-0.1, -0.05) is 37.3 Å². The van der Waals surface area contributed by atoms with Crippen molar-refractivity contribution in [3.05, 3.63) is 42.0 Å². The van der Waals surface area contributed by atoms with Gasteiger partial charge in [-0.25, -0.2) is 0 Å². The highest BCUT2D eigenvalue weighted by molar-refractivity contribution is 5.87. The lowest BCUT2D eigenvalue weighted by molar-refractivity contribution is 0.282. The second-order valence-electron chi connectivity index (χ2n) is 5.57. The Balaban J connectivity index is 2.06. The Kier molecular flexibility index (Phi) is 7.20. The van der Waals surface area contributed by atoms with E-state index >= 15 is 0 Å². The van der Waals surface area contributed by atoms with Crippen molar-refractivity contribution in [3.63, 3.8) is 0 Å². The highest BCUT2D eigenvalue weighted by atomic mass is 16.5.